The van der Waals surface area contributed by atoms with E-state index in [9.17, 15) is 4.79 Å². The van der Waals surface area contributed by atoms with E-state index in [2.05, 4.69) is 19.9 Å². The van der Waals surface area contributed by atoms with Gasteiger partial charge in [-0.15, -0.1) is 0 Å². The maximum Gasteiger partial charge on any atom is 0.419 e. The van der Waals surface area contributed by atoms with E-state index in [0.717, 1.165) is 5.39 Å². The molecule has 0 saturated heterocycles. The first kappa shape index (κ1) is 21.3. The van der Waals surface area contributed by atoms with Crippen LogP contribution in [0.5, 0.6) is 11.6 Å². The third kappa shape index (κ3) is 3.98. The molecule has 0 unspecified atom stereocenters. The minimum absolute atomic E-state index is 0.0398. The van der Waals surface area contributed by atoms with Gasteiger partial charge in [-0.25, -0.2) is 19.3 Å². The first-order valence-corrected chi connectivity index (χ1v) is 10.1. The average Bonchev–Trinajstić information content (AvgIpc) is 3.11. The Bertz CT molecular complexity index is 1330. The highest BCUT2D eigenvalue weighted by atomic mass is 16.6. The zero-order chi connectivity index (χ0) is 23.0. The Kier molecular flexibility index (Phi) is 5.29. The molecule has 0 aliphatic heterocycles. The third-order valence-electron chi connectivity index (χ3n) is 4.52. The molecule has 0 fully saturated rings. The fourth-order valence-corrected chi connectivity index (χ4v) is 3.27. The molecule has 0 saturated carbocycles. The predicted molar refractivity (Wildman–Crippen MR) is 120 cm³/mol. The van der Waals surface area contributed by atoms with Crippen molar-refractivity contribution in [1.29, 1.82) is 0 Å². The maximum absolute atomic E-state index is 13.2. The fraction of sp³-hybridized carbons (Fsp3) is 0.318. The van der Waals surface area contributed by atoms with Crippen LogP contribution in [0, 0.1) is 0 Å². The van der Waals surface area contributed by atoms with Crippen molar-refractivity contribution in [2.45, 2.75) is 33.3 Å². The van der Waals surface area contributed by atoms with Crippen molar-refractivity contribution >= 4 is 34.1 Å². The Morgan fingerprint density at radius 3 is 2.62 bits per heavy atom. The van der Waals surface area contributed by atoms with E-state index >= 15 is 0 Å². The van der Waals surface area contributed by atoms with Gasteiger partial charge in [-0.1, -0.05) is 0 Å². The van der Waals surface area contributed by atoms with E-state index in [1.54, 1.807) is 19.2 Å². The number of rotatable bonds is 4. The van der Waals surface area contributed by atoms with Crippen LogP contribution in [-0.4, -0.2) is 49.9 Å². The monoisotopic (exact) mass is 436 g/mol. The zero-order valence-electron chi connectivity index (χ0n) is 18.5. The minimum atomic E-state index is -0.681. The molecule has 32 heavy (non-hydrogen) atoms. The topological polar surface area (TPSA) is 127 Å². The standard InChI is InChI=1S/C22H24N6O4/c1-6-31-19-17-18(26-20(23)27-19)24-11-14(25-17)16-10-12-9-13(30-5)7-8-15(12)28(16)21(29)32-22(2,3)4/h7-11H,6H2,1-5H3,(H2,23,24,26,27). The van der Waals surface area contributed by atoms with E-state index in [1.807, 2.05) is 39.8 Å². The molecule has 0 aliphatic carbocycles. The van der Waals surface area contributed by atoms with Gasteiger partial charge in [0.15, 0.2) is 11.2 Å². The Morgan fingerprint density at radius 2 is 1.94 bits per heavy atom. The highest BCUT2D eigenvalue weighted by Crippen LogP contribution is 2.32. The largest absolute Gasteiger partial charge is 0.497 e. The van der Waals surface area contributed by atoms with Crippen LogP contribution in [-0.2, 0) is 4.74 Å². The Labute approximate surface area is 184 Å². The molecular formula is C22H24N6O4. The van der Waals surface area contributed by atoms with Gasteiger partial charge >= 0.3 is 6.09 Å². The first-order chi connectivity index (χ1) is 15.2. The van der Waals surface area contributed by atoms with Gasteiger partial charge < -0.3 is 19.9 Å². The molecule has 0 amide bonds. The number of anilines is 1. The van der Waals surface area contributed by atoms with Crippen molar-refractivity contribution in [3.05, 3.63) is 30.5 Å². The van der Waals surface area contributed by atoms with Crippen LogP contribution in [0.3, 0.4) is 0 Å². The summed E-state index contributed by atoms with van der Waals surface area (Å²) in [6.07, 6.45) is 0.990. The number of carbonyl (C=O) groups is 1. The molecule has 166 valence electrons. The molecule has 1 aromatic carbocycles. The van der Waals surface area contributed by atoms with Crippen molar-refractivity contribution in [2.75, 3.05) is 19.5 Å². The lowest BCUT2D eigenvalue weighted by molar-refractivity contribution is 0.0547. The first-order valence-electron chi connectivity index (χ1n) is 10.1. The lowest BCUT2D eigenvalue weighted by Crippen LogP contribution is -2.27. The smallest absolute Gasteiger partial charge is 0.419 e. The second kappa shape index (κ2) is 7.95. The summed E-state index contributed by atoms with van der Waals surface area (Å²) in [5.41, 5.74) is 7.29. The molecule has 0 bridgehead atoms. The van der Waals surface area contributed by atoms with Crippen LogP contribution in [0.1, 0.15) is 27.7 Å². The van der Waals surface area contributed by atoms with Gasteiger partial charge in [0, 0.05) is 5.39 Å². The molecule has 3 heterocycles. The van der Waals surface area contributed by atoms with Crippen LogP contribution >= 0.6 is 0 Å². The number of fused-ring (bicyclic) bond motifs is 2. The number of benzene rings is 1. The summed E-state index contributed by atoms with van der Waals surface area (Å²) in [7, 11) is 1.59. The van der Waals surface area contributed by atoms with Crippen LogP contribution < -0.4 is 15.2 Å². The second-order valence-corrected chi connectivity index (χ2v) is 8.02. The average molecular weight is 436 g/mol. The summed E-state index contributed by atoms with van der Waals surface area (Å²) in [5, 5.41) is 0.783. The van der Waals surface area contributed by atoms with Crippen LogP contribution in [0.2, 0.25) is 0 Å². The molecule has 4 aromatic rings. The molecule has 0 radical (unpaired) electrons. The van der Waals surface area contributed by atoms with E-state index in [1.165, 1.54) is 10.8 Å². The van der Waals surface area contributed by atoms with E-state index in [0.29, 0.717) is 40.4 Å². The van der Waals surface area contributed by atoms with Gasteiger partial charge in [0.1, 0.15) is 17.0 Å². The molecule has 2 N–H and O–H groups in total. The minimum Gasteiger partial charge on any atom is -0.497 e. The van der Waals surface area contributed by atoms with Gasteiger partial charge in [0.2, 0.25) is 11.8 Å². The number of hydrogen-bond donors (Lipinski definition) is 1. The molecule has 0 aliphatic rings. The summed E-state index contributed by atoms with van der Waals surface area (Å²) in [4.78, 5) is 30.4. The summed E-state index contributed by atoms with van der Waals surface area (Å²) in [6, 6.07) is 7.24. The number of ether oxygens (including phenoxy) is 3. The summed E-state index contributed by atoms with van der Waals surface area (Å²) < 4.78 is 18.0. The van der Waals surface area contributed by atoms with Gasteiger partial charge in [-0.2, -0.15) is 9.97 Å². The van der Waals surface area contributed by atoms with Crippen LogP contribution in [0.4, 0.5) is 10.7 Å². The summed E-state index contributed by atoms with van der Waals surface area (Å²) in [6.45, 7) is 7.63. The Morgan fingerprint density at radius 1 is 1.16 bits per heavy atom. The number of hydrogen-bond acceptors (Lipinski definition) is 9. The third-order valence-corrected chi connectivity index (χ3v) is 4.52. The second-order valence-electron chi connectivity index (χ2n) is 8.02. The molecular weight excluding hydrogens is 412 g/mol. The highest BCUT2D eigenvalue weighted by molar-refractivity contribution is 5.96. The zero-order valence-corrected chi connectivity index (χ0v) is 18.5. The number of methoxy groups -OCH3 is 1. The van der Waals surface area contributed by atoms with E-state index < -0.39 is 11.7 Å². The fourth-order valence-electron chi connectivity index (χ4n) is 3.27. The maximum atomic E-state index is 13.2. The number of nitrogen functional groups attached to an aromatic ring is 1. The number of carbonyl (C=O) groups excluding carboxylic acids is 1. The van der Waals surface area contributed by atoms with Gasteiger partial charge in [-0.05, 0) is 52.0 Å². The molecule has 3 aromatic heterocycles. The van der Waals surface area contributed by atoms with Crippen molar-refractivity contribution in [2.24, 2.45) is 0 Å². The quantitative estimate of drug-likeness (QED) is 0.508. The summed E-state index contributed by atoms with van der Waals surface area (Å²) >= 11 is 0. The molecule has 0 spiro atoms. The van der Waals surface area contributed by atoms with Crippen molar-refractivity contribution in [3.8, 4) is 23.0 Å². The van der Waals surface area contributed by atoms with Gasteiger partial charge in [-0.3, -0.25) is 0 Å². The van der Waals surface area contributed by atoms with Crippen molar-refractivity contribution in [1.82, 2.24) is 24.5 Å². The highest BCUT2D eigenvalue weighted by Gasteiger charge is 2.24. The van der Waals surface area contributed by atoms with E-state index in [-0.39, 0.29) is 11.8 Å². The SMILES string of the molecule is CCOc1nc(N)nc2ncc(-c3cc4cc(OC)ccc4n3C(=O)OC(C)(C)C)nc12. The predicted octanol–water partition coefficient (Wildman–Crippen LogP) is 3.81. The number of nitrogens with zero attached hydrogens (tertiary/aromatic N) is 5. The van der Waals surface area contributed by atoms with Crippen molar-refractivity contribution < 1.29 is 19.0 Å². The number of aromatic nitrogens is 5. The molecule has 0 atom stereocenters. The summed E-state index contributed by atoms with van der Waals surface area (Å²) in [5.74, 6) is 0.932. The molecule has 4 rings (SSSR count). The Balaban J connectivity index is 1.95. The molecule has 10 nitrogen and oxygen atoms in total. The van der Waals surface area contributed by atoms with Gasteiger partial charge in [0.05, 0.1) is 31.1 Å². The lowest BCUT2D eigenvalue weighted by atomic mass is 10.2. The van der Waals surface area contributed by atoms with E-state index in [4.69, 9.17) is 19.9 Å². The normalized spacial score (nSPS) is 11.7. The van der Waals surface area contributed by atoms with Crippen LogP contribution in [0.15, 0.2) is 30.5 Å². The molecule has 10 heteroatoms. The number of nitrogens with two attached hydrogens (primary N) is 1. The van der Waals surface area contributed by atoms with Crippen molar-refractivity contribution in [3.63, 3.8) is 0 Å². The Hall–Kier alpha value is -3.95. The lowest BCUT2D eigenvalue weighted by Gasteiger charge is -2.21. The van der Waals surface area contributed by atoms with Gasteiger partial charge in [0.25, 0.3) is 0 Å². The van der Waals surface area contributed by atoms with Crippen LogP contribution in [0.25, 0.3) is 33.5 Å².